The summed E-state index contributed by atoms with van der Waals surface area (Å²) in [6.45, 7) is 9.80. The van der Waals surface area contributed by atoms with Crippen LogP contribution in [0.3, 0.4) is 0 Å². The first-order chi connectivity index (χ1) is 15.0. The van der Waals surface area contributed by atoms with E-state index in [0.717, 1.165) is 41.3 Å². The number of hydrogen-bond donors (Lipinski definition) is 0. The Kier molecular flexibility index (Phi) is 6.26. The van der Waals surface area contributed by atoms with Gasteiger partial charge in [-0.1, -0.05) is 42.5 Å². The number of benzene rings is 3. The molecule has 1 unspecified atom stereocenters. The molecule has 4 rings (SSSR count). The van der Waals surface area contributed by atoms with Gasteiger partial charge in [-0.2, -0.15) is 0 Å². The van der Waals surface area contributed by atoms with E-state index >= 15 is 0 Å². The van der Waals surface area contributed by atoms with Crippen LogP contribution < -0.4 is 9.47 Å². The van der Waals surface area contributed by atoms with Gasteiger partial charge in [0, 0.05) is 6.54 Å². The van der Waals surface area contributed by atoms with Crippen molar-refractivity contribution in [2.24, 2.45) is 0 Å². The molecule has 1 atom stereocenters. The van der Waals surface area contributed by atoms with Gasteiger partial charge in [-0.3, -0.25) is 0 Å². The normalized spacial score (nSPS) is 12.1. The molecular formula is C27H30N2O2. The number of hydrogen-bond acceptors (Lipinski definition) is 3. The lowest BCUT2D eigenvalue weighted by Gasteiger charge is -2.17. The molecule has 1 heterocycles. The predicted octanol–water partition coefficient (Wildman–Crippen LogP) is 6.57. The van der Waals surface area contributed by atoms with Crippen molar-refractivity contribution in [3.05, 3.63) is 89.2 Å². The molecule has 0 fully saturated rings. The molecule has 4 aromatic rings. The van der Waals surface area contributed by atoms with E-state index in [1.165, 1.54) is 16.7 Å². The fourth-order valence-electron chi connectivity index (χ4n) is 4.01. The van der Waals surface area contributed by atoms with E-state index in [1.54, 1.807) is 0 Å². The van der Waals surface area contributed by atoms with Gasteiger partial charge >= 0.3 is 0 Å². The van der Waals surface area contributed by atoms with E-state index in [-0.39, 0.29) is 6.10 Å². The lowest BCUT2D eigenvalue weighted by Crippen LogP contribution is -2.14. The minimum atomic E-state index is -0.159. The van der Waals surface area contributed by atoms with Gasteiger partial charge in [-0.15, -0.1) is 0 Å². The van der Waals surface area contributed by atoms with Crippen LogP contribution in [0.2, 0.25) is 0 Å². The summed E-state index contributed by atoms with van der Waals surface area (Å²) in [5.74, 6) is 2.80. The van der Waals surface area contributed by atoms with E-state index in [4.69, 9.17) is 14.5 Å². The second-order valence-electron chi connectivity index (χ2n) is 8.11. The lowest BCUT2D eigenvalue weighted by molar-refractivity contribution is 0.209. The molecule has 0 N–H and O–H groups in total. The lowest BCUT2D eigenvalue weighted by atomic mass is 10.1. The van der Waals surface area contributed by atoms with E-state index in [1.807, 2.05) is 18.2 Å². The molecule has 0 saturated heterocycles. The first kappa shape index (κ1) is 21.0. The van der Waals surface area contributed by atoms with Gasteiger partial charge in [-0.25, -0.2) is 4.98 Å². The summed E-state index contributed by atoms with van der Waals surface area (Å²) in [4.78, 5) is 4.89. The number of imidazole rings is 1. The third-order valence-electron chi connectivity index (χ3n) is 5.53. The Bertz CT molecular complexity index is 1160. The monoisotopic (exact) mass is 414 g/mol. The highest BCUT2D eigenvalue weighted by atomic mass is 16.5. The van der Waals surface area contributed by atoms with Crippen LogP contribution in [0.4, 0.5) is 0 Å². The fraction of sp³-hybridized carbons (Fsp3) is 0.296. The number of rotatable bonds is 8. The minimum absolute atomic E-state index is 0.159. The summed E-state index contributed by atoms with van der Waals surface area (Å²) >= 11 is 0. The Morgan fingerprint density at radius 2 is 1.65 bits per heavy atom. The van der Waals surface area contributed by atoms with Crippen molar-refractivity contribution in [3.63, 3.8) is 0 Å². The van der Waals surface area contributed by atoms with Crippen molar-refractivity contribution in [3.8, 4) is 11.5 Å². The van der Waals surface area contributed by atoms with Crippen LogP contribution in [0.25, 0.3) is 11.0 Å². The smallest absolute Gasteiger partial charge is 0.153 e. The van der Waals surface area contributed by atoms with Crippen LogP contribution in [0.15, 0.2) is 66.7 Å². The molecule has 0 spiro atoms. The molecule has 31 heavy (non-hydrogen) atoms. The Morgan fingerprint density at radius 1 is 0.903 bits per heavy atom. The van der Waals surface area contributed by atoms with Gasteiger partial charge in [0.05, 0.1) is 17.6 Å². The molecule has 0 radical (unpaired) electrons. The van der Waals surface area contributed by atoms with Crippen LogP contribution >= 0.6 is 0 Å². The zero-order chi connectivity index (χ0) is 21.8. The second-order valence-corrected chi connectivity index (χ2v) is 8.11. The molecule has 4 heteroatoms. The predicted molar refractivity (Wildman–Crippen MR) is 126 cm³/mol. The SMILES string of the molecule is Cc1cccc(OC(C)c2nc3ccccc3n2CCCOc2c(C)cccc2C)c1. The largest absolute Gasteiger partial charge is 0.493 e. The van der Waals surface area contributed by atoms with Crippen molar-refractivity contribution in [1.82, 2.24) is 9.55 Å². The summed E-state index contributed by atoms with van der Waals surface area (Å²) in [6.07, 6.45) is 0.729. The number of nitrogens with zero attached hydrogens (tertiary/aromatic N) is 2. The van der Waals surface area contributed by atoms with Gasteiger partial charge < -0.3 is 14.0 Å². The van der Waals surface area contributed by atoms with Crippen molar-refractivity contribution < 1.29 is 9.47 Å². The molecule has 4 nitrogen and oxygen atoms in total. The van der Waals surface area contributed by atoms with E-state index in [2.05, 4.69) is 80.8 Å². The summed E-state index contributed by atoms with van der Waals surface area (Å²) in [5.41, 5.74) is 5.65. The van der Waals surface area contributed by atoms with Crippen molar-refractivity contribution >= 4 is 11.0 Å². The minimum Gasteiger partial charge on any atom is -0.493 e. The average molecular weight is 415 g/mol. The average Bonchev–Trinajstić information content (AvgIpc) is 3.12. The first-order valence-electron chi connectivity index (χ1n) is 10.9. The van der Waals surface area contributed by atoms with Crippen molar-refractivity contribution in [2.45, 2.75) is 46.8 Å². The van der Waals surface area contributed by atoms with Gasteiger partial charge in [0.1, 0.15) is 11.5 Å². The summed E-state index contributed by atoms with van der Waals surface area (Å²) in [6, 6.07) is 22.7. The molecule has 0 aliphatic rings. The molecule has 160 valence electrons. The maximum Gasteiger partial charge on any atom is 0.153 e. The maximum atomic E-state index is 6.24. The summed E-state index contributed by atoms with van der Waals surface area (Å²) in [5, 5.41) is 0. The highest BCUT2D eigenvalue weighted by molar-refractivity contribution is 5.76. The number of aromatic nitrogens is 2. The first-order valence-corrected chi connectivity index (χ1v) is 10.9. The number of aryl methyl sites for hydroxylation is 4. The molecule has 0 aliphatic carbocycles. The van der Waals surface area contributed by atoms with Gasteiger partial charge in [0.25, 0.3) is 0 Å². The second kappa shape index (κ2) is 9.25. The highest BCUT2D eigenvalue weighted by Crippen LogP contribution is 2.26. The Morgan fingerprint density at radius 3 is 2.42 bits per heavy atom. The quantitative estimate of drug-likeness (QED) is 0.306. The molecule has 3 aromatic carbocycles. The molecule has 0 amide bonds. The molecule has 0 saturated carbocycles. The summed E-state index contributed by atoms with van der Waals surface area (Å²) < 4.78 is 14.6. The van der Waals surface area contributed by atoms with Gasteiger partial charge in [0.15, 0.2) is 11.9 Å². The van der Waals surface area contributed by atoms with Crippen LogP contribution in [0, 0.1) is 20.8 Å². The van der Waals surface area contributed by atoms with E-state index < -0.39 is 0 Å². The molecule has 1 aromatic heterocycles. The van der Waals surface area contributed by atoms with Crippen LogP contribution in [0.1, 0.15) is 42.0 Å². The Balaban J connectivity index is 1.51. The van der Waals surface area contributed by atoms with Crippen LogP contribution in [-0.2, 0) is 6.54 Å². The molecule has 0 bridgehead atoms. The summed E-state index contributed by atoms with van der Waals surface area (Å²) in [7, 11) is 0. The number of para-hydroxylation sites is 3. The number of fused-ring (bicyclic) bond motifs is 1. The van der Waals surface area contributed by atoms with Gasteiger partial charge in [-0.05, 0) is 75.1 Å². The van der Waals surface area contributed by atoms with Crippen molar-refractivity contribution in [1.29, 1.82) is 0 Å². The standard InChI is InChI=1S/C27H30N2O2/c1-19-10-7-13-23(18-19)31-22(4)27-28-24-14-5-6-15-25(24)29(27)16-9-17-30-26-20(2)11-8-12-21(26)3/h5-8,10-15,18,22H,9,16-17H2,1-4H3. The fourth-order valence-corrected chi connectivity index (χ4v) is 4.01. The van der Waals surface area contributed by atoms with E-state index in [9.17, 15) is 0 Å². The zero-order valence-electron chi connectivity index (χ0n) is 18.8. The maximum absolute atomic E-state index is 6.24. The van der Waals surface area contributed by atoms with Crippen LogP contribution in [0.5, 0.6) is 11.5 Å². The van der Waals surface area contributed by atoms with E-state index in [0.29, 0.717) is 6.61 Å². The van der Waals surface area contributed by atoms with Crippen molar-refractivity contribution in [2.75, 3.05) is 6.61 Å². The molecular weight excluding hydrogens is 384 g/mol. The Hall–Kier alpha value is -3.27. The topological polar surface area (TPSA) is 36.3 Å². The zero-order valence-corrected chi connectivity index (χ0v) is 18.8. The number of ether oxygens (including phenoxy) is 2. The van der Waals surface area contributed by atoms with Gasteiger partial charge in [0.2, 0.25) is 0 Å². The van der Waals surface area contributed by atoms with Crippen LogP contribution in [-0.4, -0.2) is 16.2 Å². The highest BCUT2D eigenvalue weighted by Gasteiger charge is 2.18. The Labute approximate surface area is 184 Å². The molecule has 0 aliphatic heterocycles. The third-order valence-corrected chi connectivity index (χ3v) is 5.53. The third kappa shape index (κ3) is 4.74.